The normalized spacial score (nSPS) is 15.1. The molecule has 1 aliphatic heterocycles. The Labute approximate surface area is 128 Å². The topological polar surface area (TPSA) is 46.1 Å². The van der Waals surface area contributed by atoms with E-state index in [9.17, 15) is 4.79 Å². The molecule has 0 N–H and O–H groups in total. The van der Waals surface area contributed by atoms with E-state index in [4.69, 9.17) is 0 Å². The maximum absolute atomic E-state index is 12.1. The molecule has 21 heavy (non-hydrogen) atoms. The van der Waals surface area contributed by atoms with Gasteiger partial charge in [-0.3, -0.25) is 9.78 Å². The number of pyridine rings is 1. The van der Waals surface area contributed by atoms with Gasteiger partial charge >= 0.3 is 0 Å². The molecule has 2 aromatic rings. The second-order valence-corrected chi connectivity index (χ2v) is 6.25. The van der Waals surface area contributed by atoms with E-state index in [1.54, 1.807) is 17.5 Å². The van der Waals surface area contributed by atoms with Crippen LogP contribution in [-0.4, -0.2) is 33.9 Å². The minimum absolute atomic E-state index is 0.271. The van der Waals surface area contributed by atoms with Gasteiger partial charge in [-0.05, 0) is 31.4 Å². The summed E-state index contributed by atoms with van der Waals surface area (Å²) in [5.41, 5.74) is 1.98. The third-order valence-electron chi connectivity index (χ3n) is 3.77. The zero-order valence-corrected chi connectivity index (χ0v) is 12.8. The number of aryl methyl sites for hydroxylation is 1. The van der Waals surface area contributed by atoms with Crippen molar-refractivity contribution in [2.75, 3.05) is 13.1 Å². The van der Waals surface area contributed by atoms with Gasteiger partial charge in [-0.25, -0.2) is 4.98 Å². The number of amides is 1. The van der Waals surface area contributed by atoms with E-state index in [0.29, 0.717) is 6.42 Å². The molecule has 0 spiro atoms. The Morgan fingerprint density at radius 1 is 1.29 bits per heavy atom. The first kappa shape index (κ1) is 14.2. The summed E-state index contributed by atoms with van der Waals surface area (Å²) >= 11 is 1.62. The highest BCUT2D eigenvalue weighted by molar-refractivity contribution is 7.09. The molecular formula is C16H19N3OS. The van der Waals surface area contributed by atoms with E-state index in [1.165, 1.54) is 6.42 Å². The molecule has 5 heteroatoms. The van der Waals surface area contributed by atoms with Crippen LogP contribution in [0.2, 0.25) is 0 Å². The third kappa shape index (κ3) is 3.67. The summed E-state index contributed by atoms with van der Waals surface area (Å²) in [5, 5.41) is 3.07. The lowest BCUT2D eigenvalue weighted by Crippen LogP contribution is -2.35. The molecule has 1 aliphatic rings. The summed E-state index contributed by atoms with van der Waals surface area (Å²) in [6.07, 6.45) is 8.43. The molecule has 110 valence electrons. The van der Waals surface area contributed by atoms with Crippen LogP contribution in [0.5, 0.6) is 0 Å². The second-order valence-electron chi connectivity index (χ2n) is 5.31. The summed E-state index contributed by atoms with van der Waals surface area (Å²) in [7, 11) is 0. The highest BCUT2D eigenvalue weighted by Gasteiger charge is 2.16. The number of nitrogens with zero attached hydrogens (tertiary/aromatic N) is 3. The molecule has 1 fully saturated rings. The number of carbonyl (C=O) groups is 1. The molecule has 0 aromatic carbocycles. The lowest BCUT2D eigenvalue weighted by Gasteiger charge is -2.26. The van der Waals surface area contributed by atoms with E-state index < -0.39 is 0 Å². The molecule has 2 aromatic heterocycles. The van der Waals surface area contributed by atoms with Crippen molar-refractivity contribution in [2.24, 2.45) is 0 Å². The molecule has 3 heterocycles. The Hall–Kier alpha value is -1.75. The number of piperidine rings is 1. The maximum atomic E-state index is 12.1. The smallest absolute Gasteiger partial charge is 0.222 e. The Kier molecular flexibility index (Phi) is 4.60. The highest BCUT2D eigenvalue weighted by Crippen LogP contribution is 2.22. The number of hydrogen-bond donors (Lipinski definition) is 0. The van der Waals surface area contributed by atoms with Crippen molar-refractivity contribution in [2.45, 2.75) is 32.1 Å². The second kappa shape index (κ2) is 6.80. The quantitative estimate of drug-likeness (QED) is 0.871. The largest absolute Gasteiger partial charge is 0.343 e. The predicted octanol–water partition coefficient (Wildman–Crippen LogP) is 3.15. The van der Waals surface area contributed by atoms with Crippen molar-refractivity contribution in [3.63, 3.8) is 0 Å². The van der Waals surface area contributed by atoms with Crippen LogP contribution in [0.15, 0.2) is 29.9 Å². The number of carbonyl (C=O) groups excluding carboxylic acids is 1. The van der Waals surface area contributed by atoms with Crippen molar-refractivity contribution >= 4 is 17.2 Å². The fourth-order valence-electron chi connectivity index (χ4n) is 2.59. The Balaban J connectivity index is 1.56. The molecule has 0 aliphatic carbocycles. The Bertz CT molecular complexity index is 591. The number of likely N-dealkylation sites (tertiary alicyclic amines) is 1. The zero-order chi connectivity index (χ0) is 14.5. The maximum Gasteiger partial charge on any atom is 0.222 e. The van der Waals surface area contributed by atoms with Gasteiger partial charge in [0, 0.05) is 49.3 Å². The van der Waals surface area contributed by atoms with E-state index in [0.717, 1.165) is 48.6 Å². The van der Waals surface area contributed by atoms with Gasteiger partial charge in [0.1, 0.15) is 0 Å². The molecule has 1 amide bonds. The lowest BCUT2D eigenvalue weighted by molar-refractivity contribution is -0.132. The number of thiazole rings is 1. The standard InChI is InChI=1S/C16H19N3OS/c20-16(19-9-2-1-3-10-19)7-6-15-18-14(12-21-15)13-5-4-8-17-11-13/h4-5,8,11-12H,1-3,6-7,9-10H2. The molecule has 4 nitrogen and oxygen atoms in total. The molecule has 3 rings (SSSR count). The predicted molar refractivity (Wildman–Crippen MR) is 84.1 cm³/mol. The summed E-state index contributed by atoms with van der Waals surface area (Å²) in [6.45, 7) is 1.86. The molecule has 0 atom stereocenters. The number of rotatable bonds is 4. The summed E-state index contributed by atoms with van der Waals surface area (Å²) in [6, 6.07) is 3.92. The summed E-state index contributed by atoms with van der Waals surface area (Å²) in [4.78, 5) is 22.9. The van der Waals surface area contributed by atoms with Gasteiger partial charge < -0.3 is 4.90 Å². The summed E-state index contributed by atoms with van der Waals surface area (Å²) < 4.78 is 0. The van der Waals surface area contributed by atoms with Crippen molar-refractivity contribution in [1.29, 1.82) is 0 Å². The van der Waals surface area contributed by atoms with Crippen LogP contribution < -0.4 is 0 Å². The Morgan fingerprint density at radius 3 is 2.90 bits per heavy atom. The van der Waals surface area contributed by atoms with Gasteiger partial charge in [0.05, 0.1) is 10.7 Å². The highest BCUT2D eigenvalue weighted by atomic mass is 32.1. The fourth-order valence-corrected chi connectivity index (χ4v) is 3.40. The average molecular weight is 301 g/mol. The minimum atomic E-state index is 0.271. The van der Waals surface area contributed by atoms with Crippen LogP contribution >= 0.6 is 11.3 Å². The minimum Gasteiger partial charge on any atom is -0.343 e. The van der Waals surface area contributed by atoms with Gasteiger partial charge in [0.25, 0.3) is 0 Å². The first-order chi connectivity index (χ1) is 10.3. The van der Waals surface area contributed by atoms with Crippen LogP contribution in [0.3, 0.4) is 0 Å². The molecular weight excluding hydrogens is 282 g/mol. The van der Waals surface area contributed by atoms with Gasteiger partial charge in [-0.2, -0.15) is 0 Å². The van der Waals surface area contributed by atoms with Gasteiger partial charge in [-0.1, -0.05) is 0 Å². The SMILES string of the molecule is O=C(CCc1nc(-c2cccnc2)cs1)N1CCCCC1. The molecule has 0 saturated carbocycles. The average Bonchev–Trinajstić information content (AvgIpc) is 3.03. The molecule has 0 unspecified atom stereocenters. The van der Waals surface area contributed by atoms with Gasteiger partial charge in [-0.15, -0.1) is 11.3 Å². The molecule has 0 bridgehead atoms. The van der Waals surface area contributed by atoms with Gasteiger partial charge in [0.15, 0.2) is 0 Å². The van der Waals surface area contributed by atoms with Crippen molar-refractivity contribution < 1.29 is 4.79 Å². The molecule has 0 radical (unpaired) electrons. The Morgan fingerprint density at radius 2 is 2.14 bits per heavy atom. The van der Waals surface area contributed by atoms with Crippen LogP contribution in [0.4, 0.5) is 0 Å². The van der Waals surface area contributed by atoms with Crippen LogP contribution in [-0.2, 0) is 11.2 Å². The van der Waals surface area contributed by atoms with Gasteiger partial charge in [0.2, 0.25) is 5.91 Å². The monoisotopic (exact) mass is 301 g/mol. The first-order valence-corrected chi connectivity index (χ1v) is 8.33. The van der Waals surface area contributed by atoms with Crippen LogP contribution in [0.25, 0.3) is 11.3 Å². The number of hydrogen-bond acceptors (Lipinski definition) is 4. The van der Waals surface area contributed by atoms with E-state index in [2.05, 4.69) is 9.97 Å². The van der Waals surface area contributed by atoms with E-state index in [1.807, 2.05) is 28.6 Å². The van der Waals surface area contributed by atoms with Crippen LogP contribution in [0, 0.1) is 0 Å². The van der Waals surface area contributed by atoms with Crippen molar-refractivity contribution in [3.05, 3.63) is 34.9 Å². The van der Waals surface area contributed by atoms with E-state index in [-0.39, 0.29) is 5.91 Å². The summed E-state index contributed by atoms with van der Waals surface area (Å²) in [5.74, 6) is 0.271. The van der Waals surface area contributed by atoms with Crippen LogP contribution in [0.1, 0.15) is 30.7 Å². The lowest BCUT2D eigenvalue weighted by atomic mass is 10.1. The third-order valence-corrected chi connectivity index (χ3v) is 4.68. The van der Waals surface area contributed by atoms with Crippen molar-refractivity contribution in [3.8, 4) is 11.3 Å². The van der Waals surface area contributed by atoms with E-state index >= 15 is 0 Å². The molecule has 1 saturated heterocycles. The fraction of sp³-hybridized carbons (Fsp3) is 0.438. The first-order valence-electron chi connectivity index (χ1n) is 7.45. The number of aromatic nitrogens is 2. The zero-order valence-electron chi connectivity index (χ0n) is 12.0. The van der Waals surface area contributed by atoms with Crippen molar-refractivity contribution in [1.82, 2.24) is 14.9 Å².